The molecule has 31 heavy (non-hydrogen) atoms. The van der Waals surface area contributed by atoms with Crippen molar-refractivity contribution < 1.29 is 37.7 Å². The van der Waals surface area contributed by atoms with Gasteiger partial charge in [0.25, 0.3) is 0 Å². The van der Waals surface area contributed by atoms with Gasteiger partial charge in [-0.2, -0.15) is 8.78 Å². The summed E-state index contributed by atoms with van der Waals surface area (Å²) < 4.78 is 37.8. The molecule has 1 aromatic rings. The first kappa shape index (κ1) is 22.9. The molecule has 0 aliphatic carbocycles. The van der Waals surface area contributed by atoms with E-state index in [4.69, 9.17) is 4.74 Å². The van der Waals surface area contributed by atoms with Crippen LogP contribution in [-0.2, 0) is 25.7 Å². The number of likely N-dealkylation sites (tertiary alicyclic amines) is 2. The van der Waals surface area contributed by atoms with Crippen LogP contribution < -0.4 is 0 Å². The summed E-state index contributed by atoms with van der Waals surface area (Å²) in [7, 11) is 0.804. The zero-order valence-corrected chi connectivity index (χ0v) is 17.2. The van der Waals surface area contributed by atoms with Gasteiger partial charge in [0, 0.05) is 13.1 Å². The van der Waals surface area contributed by atoms with Crippen molar-refractivity contribution in [1.82, 2.24) is 9.80 Å². The van der Waals surface area contributed by atoms with Crippen molar-refractivity contribution in [2.45, 2.75) is 56.4 Å². The summed E-state index contributed by atoms with van der Waals surface area (Å²) in [6.45, 7) is 0.512. The van der Waals surface area contributed by atoms with Crippen LogP contribution >= 0.6 is 0 Å². The molecule has 1 N–H and O–H groups in total. The van der Waals surface area contributed by atoms with Gasteiger partial charge in [-0.15, -0.1) is 0 Å². The fourth-order valence-electron chi connectivity index (χ4n) is 4.13. The smallest absolute Gasteiger partial charge is 0.410 e. The Kier molecular flexibility index (Phi) is 7.09. The number of aliphatic hydroxyl groups excluding tert-OH is 1. The lowest BCUT2D eigenvalue weighted by atomic mass is 10.0. The SMILES string of the molecule is COC(=O)C(F)(F)C(O)C1CCCN1C(=O)[C@H]1CCCN1C(=O)OCc1ccccc1. The standard InChI is InChI=1S/C21H26F2N2O6/c1-30-19(28)21(22,23)17(26)15-9-5-11-24(15)18(27)16-10-6-12-25(16)20(29)31-13-14-7-3-2-4-8-14/h2-4,7-8,15-17,26H,5-6,9-13H2,1H3/t15?,16-,17?/m1/s1. The Morgan fingerprint density at radius 1 is 1.13 bits per heavy atom. The van der Waals surface area contributed by atoms with Crippen molar-refractivity contribution in [1.29, 1.82) is 0 Å². The number of hydrogen-bond donors (Lipinski definition) is 1. The molecular formula is C21H26F2N2O6. The van der Waals surface area contributed by atoms with Gasteiger partial charge in [0.1, 0.15) is 18.8 Å². The molecule has 8 nitrogen and oxygen atoms in total. The molecule has 2 aliphatic rings. The highest BCUT2D eigenvalue weighted by Crippen LogP contribution is 2.32. The largest absolute Gasteiger partial charge is 0.465 e. The Morgan fingerprint density at radius 2 is 1.77 bits per heavy atom. The van der Waals surface area contributed by atoms with Crippen LogP contribution in [0.2, 0.25) is 0 Å². The van der Waals surface area contributed by atoms with Crippen molar-refractivity contribution in [3.8, 4) is 0 Å². The number of alkyl halides is 2. The van der Waals surface area contributed by atoms with Gasteiger partial charge in [0.15, 0.2) is 0 Å². The van der Waals surface area contributed by atoms with Gasteiger partial charge >= 0.3 is 18.0 Å². The molecule has 1 aromatic carbocycles. The number of carbonyl (C=O) groups is 3. The van der Waals surface area contributed by atoms with E-state index < -0.39 is 42.1 Å². The molecule has 10 heteroatoms. The van der Waals surface area contributed by atoms with Crippen LogP contribution in [0.1, 0.15) is 31.2 Å². The second-order valence-electron chi connectivity index (χ2n) is 7.69. The van der Waals surface area contributed by atoms with E-state index in [1.165, 1.54) is 4.90 Å². The Hall–Kier alpha value is -2.75. The minimum absolute atomic E-state index is 0.0491. The monoisotopic (exact) mass is 440 g/mol. The topological polar surface area (TPSA) is 96.4 Å². The van der Waals surface area contributed by atoms with Crippen molar-refractivity contribution in [3.63, 3.8) is 0 Å². The molecule has 2 unspecified atom stereocenters. The number of carbonyl (C=O) groups excluding carboxylic acids is 3. The average molecular weight is 440 g/mol. The Morgan fingerprint density at radius 3 is 2.45 bits per heavy atom. The molecule has 170 valence electrons. The number of benzene rings is 1. The zero-order valence-electron chi connectivity index (χ0n) is 17.2. The van der Waals surface area contributed by atoms with Gasteiger partial charge in [-0.25, -0.2) is 9.59 Å². The molecule has 0 bridgehead atoms. The predicted molar refractivity (Wildman–Crippen MR) is 104 cm³/mol. The summed E-state index contributed by atoms with van der Waals surface area (Å²) in [5.41, 5.74) is 0.797. The van der Waals surface area contributed by atoms with Crippen LogP contribution in [0.4, 0.5) is 13.6 Å². The number of esters is 1. The van der Waals surface area contributed by atoms with Crippen molar-refractivity contribution in [2.24, 2.45) is 0 Å². The van der Waals surface area contributed by atoms with Crippen LogP contribution in [0.15, 0.2) is 30.3 Å². The van der Waals surface area contributed by atoms with E-state index in [-0.39, 0.29) is 19.6 Å². The van der Waals surface area contributed by atoms with E-state index in [9.17, 15) is 28.3 Å². The van der Waals surface area contributed by atoms with E-state index in [2.05, 4.69) is 4.74 Å². The van der Waals surface area contributed by atoms with E-state index in [0.717, 1.165) is 17.6 Å². The Balaban J connectivity index is 1.67. The van der Waals surface area contributed by atoms with Gasteiger partial charge in [-0.3, -0.25) is 9.69 Å². The number of rotatable bonds is 6. The minimum atomic E-state index is -4.15. The van der Waals surface area contributed by atoms with E-state index in [1.807, 2.05) is 18.2 Å². The third-order valence-electron chi connectivity index (χ3n) is 5.75. The van der Waals surface area contributed by atoms with E-state index >= 15 is 0 Å². The first-order chi connectivity index (χ1) is 14.8. The Bertz CT molecular complexity index is 806. The summed E-state index contributed by atoms with van der Waals surface area (Å²) in [4.78, 5) is 39.5. The molecule has 0 aromatic heterocycles. The maximum Gasteiger partial charge on any atom is 0.410 e. The number of amides is 2. The fourth-order valence-corrected chi connectivity index (χ4v) is 4.13. The molecule has 0 radical (unpaired) electrons. The second kappa shape index (κ2) is 9.59. The first-order valence-electron chi connectivity index (χ1n) is 10.2. The highest BCUT2D eigenvalue weighted by atomic mass is 19.3. The number of aliphatic hydroxyl groups is 1. The van der Waals surface area contributed by atoms with Gasteiger partial charge < -0.3 is 19.5 Å². The van der Waals surface area contributed by atoms with E-state index in [1.54, 1.807) is 12.1 Å². The van der Waals surface area contributed by atoms with Crippen LogP contribution in [0.5, 0.6) is 0 Å². The van der Waals surface area contributed by atoms with Crippen LogP contribution in [0, 0.1) is 0 Å². The van der Waals surface area contributed by atoms with Gasteiger partial charge in [0.05, 0.1) is 13.2 Å². The van der Waals surface area contributed by atoms with Gasteiger partial charge in [-0.05, 0) is 31.2 Å². The highest BCUT2D eigenvalue weighted by Gasteiger charge is 2.55. The molecule has 2 aliphatic heterocycles. The molecule has 2 heterocycles. The molecule has 2 fully saturated rings. The maximum absolute atomic E-state index is 14.2. The van der Waals surface area contributed by atoms with Crippen LogP contribution in [0.3, 0.4) is 0 Å². The number of nitrogens with zero attached hydrogens (tertiary/aromatic N) is 2. The molecule has 0 saturated carbocycles. The molecule has 3 rings (SSSR count). The van der Waals surface area contributed by atoms with Crippen molar-refractivity contribution >= 4 is 18.0 Å². The van der Waals surface area contributed by atoms with Gasteiger partial charge in [0.2, 0.25) is 5.91 Å². The third-order valence-corrected chi connectivity index (χ3v) is 5.75. The lowest BCUT2D eigenvalue weighted by Gasteiger charge is -2.34. The Labute approximate surface area is 178 Å². The molecule has 2 saturated heterocycles. The number of hydrogen-bond acceptors (Lipinski definition) is 6. The van der Waals surface area contributed by atoms with Crippen molar-refractivity contribution in [3.05, 3.63) is 35.9 Å². The molecule has 0 spiro atoms. The summed E-state index contributed by atoms with van der Waals surface area (Å²) in [6.07, 6.45) is -1.61. The summed E-state index contributed by atoms with van der Waals surface area (Å²) in [6, 6.07) is 6.97. The molecule has 2 amide bonds. The number of halogens is 2. The lowest BCUT2D eigenvalue weighted by Crippen LogP contribution is -2.57. The fraction of sp³-hybridized carbons (Fsp3) is 0.571. The van der Waals surface area contributed by atoms with Crippen molar-refractivity contribution in [2.75, 3.05) is 20.2 Å². The summed E-state index contributed by atoms with van der Waals surface area (Å²) in [5.74, 6) is -6.53. The second-order valence-corrected chi connectivity index (χ2v) is 7.69. The first-order valence-corrected chi connectivity index (χ1v) is 10.2. The third kappa shape index (κ3) is 4.79. The molecular weight excluding hydrogens is 414 g/mol. The lowest BCUT2D eigenvalue weighted by molar-refractivity contribution is -0.192. The predicted octanol–water partition coefficient (Wildman–Crippen LogP) is 1.95. The van der Waals surface area contributed by atoms with Crippen LogP contribution in [-0.4, -0.2) is 77.2 Å². The summed E-state index contributed by atoms with van der Waals surface area (Å²) >= 11 is 0. The van der Waals surface area contributed by atoms with Gasteiger partial charge in [-0.1, -0.05) is 30.3 Å². The quantitative estimate of drug-likeness (QED) is 0.680. The highest BCUT2D eigenvalue weighted by molar-refractivity contribution is 5.87. The molecule has 3 atom stereocenters. The zero-order chi connectivity index (χ0) is 22.6. The number of ether oxygens (including phenoxy) is 2. The normalized spacial score (nSPS) is 22.3. The number of methoxy groups -OCH3 is 1. The van der Waals surface area contributed by atoms with Crippen LogP contribution in [0.25, 0.3) is 0 Å². The minimum Gasteiger partial charge on any atom is -0.465 e. The maximum atomic E-state index is 14.2. The summed E-state index contributed by atoms with van der Waals surface area (Å²) in [5, 5.41) is 10.2. The average Bonchev–Trinajstić information content (AvgIpc) is 3.46. The van der Waals surface area contributed by atoms with E-state index in [0.29, 0.717) is 25.8 Å².